The van der Waals surface area contributed by atoms with E-state index in [0.717, 1.165) is 5.76 Å². The zero-order valence-corrected chi connectivity index (χ0v) is 9.08. The van der Waals surface area contributed by atoms with Gasteiger partial charge >= 0.3 is 0 Å². The Morgan fingerprint density at radius 3 is 2.62 bits per heavy atom. The van der Waals surface area contributed by atoms with Crippen LogP contribution in [0, 0.1) is 6.92 Å². The lowest BCUT2D eigenvalue weighted by Crippen LogP contribution is -2.39. The summed E-state index contributed by atoms with van der Waals surface area (Å²) in [5, 5.41) is 4.97. The van der Waals surface area contributed by atoms with Crippen molar-refractivity contribution in [3.63, 3.8) is 0 Å². The topological polar surface area (TPSA) is 97.4 Å². The van der Waals surface area contributed by atoms with Crippen LogP contribution in [-0.2, 0) is 16.1 Å². The Balaban J connectivity index is 2.22. The van der Waals surface area contributed by atoms with Gasteiger partial charge in [-0.1, -0.05) is 0 Å². The molecule has 1 aromatic heterocycles. The predicted molar refractivity (Wildman–Crippen MR) is 57.4 cm³/mol. The van der Waals surface area contributed by atoms with Crippen LogP contribution in [0.15, 0.2) is 16.5 Å². The molecule has 88 valence electrons. The lowest BCUT2D eigenvalue weighted by molar-refractivity contribution is -0.125. The summed E-state index contributed by atoms with van der Waals surface area (Å²) in [6.45, 7) is 1.94. The zero-order valence-electron chi connectivity index (χ0n) is 9.08. The number of furan rings is 1. The quantitative estimate of drug-likeness (QED) is 0.616. The average molecular weight is 225 g/mol. The maximum atomic E-state index is 11.2. The van der Waals surface area contributed by atoms with E-state index in [1.54, 1.807) is 6.07 Å². The number of hydrogen-bond donors (Lipinski definition) is 3. The second-order valence-corrected chi connectivity index (χ2v) is 3.27. The fourth-order valence-corrected chi connectivity index (χ4v) is 1.08. The molecule has 0 atom stereocenters. The van der Waals surface area contributed by atoms with Crippen molar-refractivity contribution in [2.24, 2.45) is 5.73 Å². The molecule has 16 heavy (non-hydrogen) atoms. The molecule has 0 saturated carbocycles. The Morgan fingerprint density at radius 2 is 2.06 bits per heavy atom. The summed E-state index contributed by atoms with van der Waals surface area (Å²) < 4.78 is 5.26. The van der Waals surface area contributed by atoms with Crippen molar-refractivity contribution in [2.45, 2.75) is 13.5 Å². The highest BCUT2D eigenvalue weighted by Crippen LogP contribution is 2.04. The molecule has 0 saturated heterocycles. The summed E-state index contributed by atoms with van der Waals surface area (Å²) in [6.07, 6.45) is 0. The maximum Gasteiger partial charge on any atom is 0.239 e. The fraction of sp³-hybridized carbons (Fsp3) is 0.400. The average Bonchev–Trinajstić information content (AvgIpc) is 2.69. The first kappa shape index (κ1) is 12.3. The molecule has 1 heterocycles. The van der Waals surface area contributed by atoms with Gasteiger partial charge in [0.1, 0.15) is 11.5 Å². The molecular weight excluding hydrogens is 210 g/mol. The monoisotopic (exact) mass is 225 g/mol. The normalized spacial score (nSPS) is 9.88. The molecule has 0 aromatic carbocycles. The van der Waals surface area contributed by atoms with E-state index in [0.29, 0.717) is 12.3 Å². The number of nitrogens with one attached hydrogen (secondary N) is 2. The summed E-state index contributed by atoms with van der Waals surface area (Å²) in [5.74, 6) is 0.830. The highest BCUT2D eigenvalue weighted by molar-refractivity contribution is 5.85. The first-order valence-corrected chi connectivity index (χ1v) is 4.90. The molecular formula is C10H15N3O3. The van der Waals surface area contributed by atoms with Gasteiger partial charge in [0.05, 0.1) is 19.6 Å². The molecule has 4 N–H and O–H groups in total. The van der Waals surface area contributed by atoms with Crippen LogP contribution >= 0.6 is 0 Å². The van der Waals surface area contributed by atoms with Crippen molar-refractivity contribution in [1.29, 1.82) is 0 Å². The minimum Gasteiger partial charge on any atom is -0.465 e. The largest absolute Gasteiger partial charge is 0.465 e. The Bertz CT molecular complexity index is 373. The third-order valence-electron chi connectivity index (χ3n) is 1.89. The molecule has 0 aliphatic carbocycles. The standard InChI is InChI=1S/C10H15N3O3/c1-7-2-3-8(16-7)5-12-10(15)6-13-9(14)4-11/h2-3H,4-6,11H2,1H3,(H,12,15)(H,13,14). The molecule has 6 nitrogen and oxygen atoms in total. The third kappa shape index (κ3) is 4.14. The molecule has 0 radical (unpaired) electrons. The second kappa shape index (κ2) is 5.92. The smallest absolute Gasteiger partial charge is 0.239 e. The van der Waals surface area contributed by atoms with Crippen LogP contribution in [0.4, 0.5) is 0 Å². The molecule has 1 aromatic rings. The van der Waals surface area contributed by atoms with E-state index >= 15 is 0 Å². The van der Waals surface area contributed by atoms with Gasteiger partial charge in [-0.25, -0.2) is 0 Å². The molecule has 2 amide bonds. The number of carbonyl (C=O) groups excluding carboxylic acids is 2. The summed E-state index contributed by atoms with van der Waals surface area (Å²) in [7, 11) is 0. The molecule has 0 bridgehead atoms. The van der Waals surface area contributed by atoms with Gasteiger partial charge in [-0.05, 0) is 19.1 Å². The van der Waals surface area contributed by atoms with Crippen molar-refractivity contribution >= 4 is 11.8 Å². The molecule has 0 unspecified atom stereocenters. The molecule has 0 aliphatic rings. The number of amides is 2. The minimum absolute atomic E-state index is 0.0737. The first-order chi connectivity index (χ1) is 7.61. The number of nitrogens with two attached hydrogens (primary N) is 1. The van der Waals surface area contributed by atoms with E-state index in [-0.39, 0.29) is 24.9 Å². The van der Waals surface area contributed by atoms with Crippen LogP contribution in [0.1, 0.15) is 11.5 Å². The maximum absolute atomic E-state index is 11.2. The van der Waals surface area contributed by atoms with Gasteiger partial charge in [-0.3, -0.25) is 9.59 Å². The van der Waals surface area contributed by atoms with Gasteiger partial charge < -0.3 is 20.8 Å². The van der Waals surface area contributed by atoms with E-state index in [4.69, 9.17) is 10.2 Å². The summed E-state index contributed by atoms with van der Waals surface area (Å²) in [4.78, 5) is 22.0. The highest BCUT2D eigenvalue weighted by atomic mass is 16.3. The first-order valence-electron chi connectivity index (χ1n) is 4.90. The summed E-state index contributed by atoms with van der Waals surface area (Å²) in [6, 6.07) is 3.60. The van der Waals surface area contributed by atoms with E-state index in [9.17, 15) is 9.59 Å². The Hall–Kier alpha value is -1.82. The Labute approximate surface area is 93.2 Å². The number of hydrogen-bond acceptors (Lipinski definition) is 4. The van der Waals surface area contributed by atoms with Gasteiger partial charge in [0.2, 0.25) is 11.8 Å². The second-order valence-electron chi connectivity index (χ2n) is 3.27. The van der Waals surface area contributed by atoms with Crippen molar-refractivity contribution in [2.75, 3.05) is 13.1 Å². The van der Waals surface area contributed by atoms with Crippen LogP contribution in [0.25, 0.3) is 0 Å². The number of aryl methyl sites for hydroxylation is 1. The lowest BCUT2D eigenvalue weighted by Gasteiger charge is -2.04. The van der Waals surface area contributed by atoms with Crippen molar-refractivity contribution in [3.8, 4) is 0 Å². The molecule has 0 fully saturated rings. The van der Waals surface area contributed by atoms with Gasteiger partial charge in [0.15, 0.2) is 0 Å². The molecule has 0 spiro atoms. The lowest BCUT2D eigenvalue weighted by atomic mass is 10.4. The van der Waals surface area contributed by atoms with E-state index in [2.05, 4.69) is 10.6 Å². The van der Waals surface area contributed by atoms with Crippen LogP contribution in [0.2, 0.25) is 0 Å². The zero-order chi connectivity index (χ0) is 12.0. The number of rotatable bonds is 5. The van der Waals surface area contributed by atoms with Crippen LogP contribution in [0.5, 0.6) is 0 Å². The predicted octanol–water partition coefficient (Wildman–Crippen LogP) is -0.721. The van der Waals surface area contributed by atoms with Crippen molar-refractivity contribution < 1.29 is 14.0 Å². The highest BCUT2D eigenvalue weighted by Gasteiger charge is 2.04. The SMILES string of the molecule is Cc1ccc(CNC(=O)CNC(=O)CN)o1. The molecule has 1 rings (SSSR count). The van der Waals surface area contributed by atoms with Crippen LogP contribution in [-0.4, -0.2) is 24.9 Å². The van der Waals surface area contributed by atoms with Gasteiger partial charge in [-0.2, -0.15) is 0 Å². The Morgan fingerprint density at radius 1 is 1.31 bits per heavy atom. The van der Waals surface area contributed by atoms with E-state index in [1.165, 1.54) is 0 Å². The molecule has 6 heteroatoms. The minimum atomic E-state index is -0.357. The number of carbonyl (C=O) groups is 2. The van der Waals surface area contributed by atoms with Gasteiger partial charge in [0.25, 0.3) is 0 Å². The van der Waals surface area contributed by atoms with Gasteiger partial charge in [-0.15, -0.1) is 0 Å². The Kier molecular flexibility index (Phi) is 4.53. The van der Waals surface area contributed by atoms with Crippen molar-refractivity contribution in [1.82, 2.24) is 10.6 Å². The summed E-state index contributed by atoms with van der Waals surface area (Å²) >= 11 is 0. The van der Waals surface area contributed by atoms with E-state index in [1.807, 2.05) is 13.0 Å². The van der Waals surface area contributed by atoms with Gasteiger partial charge in [0, 0.05) is 0 Å². The van der Waals surface area contributed by atoms with E-state index < -0.39 is 0 Å². The summed E-state index contributed by atoms with van der Waals surface area (Å²) in [5.41, 5.74) is 5.07. The molecule has 0 aliphatic heterocycles. The van der Waals surface area contributed by atoms with Crippen molar-refractivity contribution in [3.05, 3.63) is 23.7 Å². The van der Waals surface area contributed by atoms with Crippen LogP contribution < -0.4 is 16.4 Å². The third-order valence-corrected chi connectivity index (χ3v) is 1.89. The van der Waals surface area contributed by atoms with Crippen LogP contribution in [0.3, 0.4) is 0 Å². The fourth-order valence-electron chi connectivity index (χ4n) is 1.08.